The minimum atomic E-state index is -2.88. The van der Waals surface area contributed by atoms with Gasteiger partial charge in [0.2, 0.25) is 0 Å². The topological polar surface area (TPSA) is 61.8 Å². The zero-order valence-corrected chi connectivity index (χ0v) is 24.7. The highest BCUT2D eigenvalue weighted by atomic mass is 35.5. The number of carbonyl (C=O) groups is 2. The minimum absolute atomic E-state index is 0.0877. The number of hydrogen-bond acceptors (Lipinski definition) is 5. The third-order valence-electron chi connectivity index (χ3n) is 8.06. The molecule has 8 heteroatoms. The Kier molecular flexibility index (Phi) is 8.08. The maximum absolute atomic E-state index is 14.1. The Bertz CT molecular complexity index is 1290. The summed E-state index contributed by atoms with van der Waals surface area (Å²) in [7, 11) is -0.393. The van der Waals surface area contributed by atoms with Crippen LogP contribution in [0.4, 0.5) is 4.39 Å². The minimum Gasteiger partial charge on any atom is -0.468 e. The second kappa shape index (κ2) is 10.9. The molecule has 1 saturated carbocycles. The van der Waals surface area contributed by atoms with Crippen LogP contribution < -0.4 is 10.4 Å². The Morgan fingerprint density at radius 2 is 1.41 bits per heavy atom. The van der Waals surface area contributed by atoms with Crippen molar-refractivity contribution < 1.29 is 27.9 Å². The smallest absolute Gasteiger partial charge is 0.324 e. The van der Waals surface area contributed by atoms with Gasteiger partial charge in [-0.3, -0.25) is 9.59 Å². The Hall–Kier alpha value is -3.00. The average molecular weight is 569 g/mol. The Balaban J connectivity index is 1.80. The van der Waals surface area contributed by atoms with E-state index in [9.17, 15) is 14.0 Å². The molecule has 1 fully saturated rings. The van der Waals surface area contributed by atoms with Gasteiger partial charge in [0.15, 0.2) is 5.41 Å². The lowest BCUT2D eigenvalue weighted by Crippen LogP contribution is -2.66. The molecule has 0 aliphatic heterocycles. The highest BCUT2D eigenvalue weighted by Crippen LogP contribution is 2.68. The molecule has 1 aliphatic rings. The van der Waals surface area contributed by atoms with Crippen LogP contribution in [-0.4, -0.2) is 41.1 Å². The molecule has 0 radical (unpaired) electrons. The molecule has 0 spiro atoms. The standard InChI is InChI=1S/C31H34ClFO5Si/c1-29(2,3)39(23-12-8-6-9-13-23,24-14-10-7-11-15-24)38-19-18-30(22-16-17-26(33)25(32)20-22)21-31(30,27(34)36-4)28(35)37-5/h6-17,20H,18-19,21H2,1-5H3. The van der Waals surface area contributed by atoms with Gasteiger partial charge in [0.25, 0.3) is 8.32 Å². The van der Waals surface area contributed by atoms with E-state index in [2.05, 4.69) is 45.0 Å². The summed E-state index contributed by atoms with van der Waals surface area (Å²) < 4.78 is 31.4. The van der Waals surface area contributed by atoms with E-state index >= 15 is 0 Å². The summed E-state index contributed by atoms with van der Waals surface area (Å²) >= 11 is 6.16. The molecule has 1 aliphatic carbocycles. The largest absolute Gasteiger partial charge is 0.468 e. The molecule has 0 bridgehead atoms. The first-order valence-electron chi connectivity index (χ1n) is 12.9. The van der Waals surface area contributed by atoms with Crippen molar-refractivity contribution in [2.24, 2.45) is 5.41 Å². The van der Waals surface area contributed by atoms with Gasteiger partial charge < -0.3 is 13.9 Å². The summed E-state index contributed by atoms with van der Waals surface area (Å²) in [6.45, 7) is 6.77. The number of esters is 2. The van der Waals surface area contributed by atoms with E-state index in [0.717, 1.165) is 10.4 Å². The fraction of sp³-hybridized carbons (Fsp3) is 0.355. The predicted molar refractivity (Wildman–Crippen MR) is 152 cm³/mol. The third-order valence-corrected chi connectivity index (χ3v) is 13.4. The van der Waals surface area contributed by atoms with Gasteiger partial charge in [-0.05, 0) is 45.9 Å². The van der Waals surface area contributed by atoms with Gasteiger partial charge in [-0.1, -0.05) is 99.1 Å². The lowest BCUT2D eigenvalue weighted by Gasteiger charge is -2.43. The number of methoxy groups -OCH3 is 2. The van der Waals surface area contributed by atoms with Crippen LogP contribution in [-0.2, 0) is 28.9 Å². The SMILES string of the molecule is COC(=O)C1(C(=O)OC)CC1(CCO[Si](c1ccccc1)(c1ccccc1)C(C)(C)C)c1ccc(F)c(Cl)c1. The summed E-state index contributed by atoms with van der Waals surface area (Å²) in [6, 6.07) is 24.7. The van der Waals surface area contributed by atoms with E-state index in [1.807, 2.05) is 36.4 Å². The maximum Gasteiger partial charge on any atom is 0.324 e. The summed E-state index contributed by atoms with van der Waals surface area (Å²) in [5.41, 5.74) is -2.04. The molecule has 1 unspecified atom stereocenters. The molecule has 39 heavy (non-hydrogen) atoms. The van der Waals surface area contributed by atoms with Crippen molar-refractivity contribution in [1.82, 2.24) is 0 Å². The molecule has 3 aromatic rings. The number of carbonyl (C=O) groups excluding carboxylic acids is 2. The van der Waals surface area contributed by atoms with Gasteiger partial charge in [-0.25, -0.2) is 4.39 Å². The summed E-state index contributed by atoms with van der Waals surface area (Å²) in [6.07, 6.45) is 0.440. The van der Waals surface area contributed by atoms with Crippen molar-refractivity contribution in [3.05, 3.63) is 95.3 Å². The van der Waals surface area contributed by atoms with Crippen LogP contribution in [0, 0.1) is 11.2 Å². The zero-order chi connectivity index (χ0) is 28.5. The van der Waals surface area contributed by atoms with Crippen LogP contribution in [0.3, 0.4) is 0 Å². The summed E-state index contributed by atoms with van der Waals surface area (Å²) in [5, 5.41) is 1.89. The number of halogens is 2. The molecule has 0 heterocycles. The third kappa shape index (κ3) is 4.70. The van der Waals surface area contributed by atoms with E-state index in [-0.39, 0.29) is 23.1 Å². The molecular weight excluding hydrogens is 535 g/mol. The van der Waals surface area contributed by atoms with Crippen LogP contribution in [0.5, 0.6) is 0 Å². The number of benzene rings is 3. The second-order valence-corrected chi connectivity index (χ2v) is 15.8. The van der Waals surface area contributed by atoms with Gasteiger partial charge in [-0.2, -0.15) is 0 Å². The van der Waals surface area contributed by atoms with Gasteiger partial charge in [0.1, 0.15) is 5.82 Å². The first kappa shape index (κ1) is 29.0. The highest BCUT2D eigenvalue weighted by molar-refractivity contribution is 6.99. The van der Waals surface area contributed by atoms with Crippen LogP contribution in [0.2, 0.25) is 10.1 Å². The lowest BCUT2D eigenvalue weighted by atomic mass is 9.83. The zero-order valence-electron chi connectivity index (χ0n) is 22.9. The Morgan fingerprint density at radius 1 is 0.897 bits per heavy atom. The maximum atomic E-state index is 14.1. The fourth-order valence-electron chi connectivity index (χ4n) is 6.10. The number of rotatable bonds is 9. The molecule has 206 valence electrons. The molecule has 0 saturated heterocycles. The van der Waals surface area contributed by atoms with E-state index in [0.29, 0.717) is 12.0 Å². The molecule has 1 atom stereocenters. The molecule has 0 amide bonds. The van der Waals surface area contributed by atoms with Gasteiger partial charge in [0.05, 0.1) is 19.2 Å². The van der Waals surface area contributed by atoms with E-state index in [1.54, 1.807) is 6.07 Å². The Morgan fingerprint density at radius 3 is 1.85 bits per heavy atom. The first-order valence-corrected chi connectivity index (χ1v) is 15.2. The molecule has 5 nitrogen and oxygen atoms in total. The van der Waals surface area contributed by atoms with Crippen LogP contribution in [0.15, 0.2) is 78.9 Å². The first-order chi connectivity index (χ1) is 18.5. The Labute approximate surface area is 235 Å². The highest BCUT2D eigenvalue weighted by Gasteiger charge is 2.78. The van der Waals surface area contributed by atoms with Crippen molar-refractivity contribution in [1.29, 1.82) is 0 Å². The van der Waals surface area contributed by atoms with E-state index in [1.165, 1.54) is 26.4 Å². The molecule has 4 rings (SSSR count). The second-order valence-electron chi connectivity index (χ2n) is 11.0. The molecule has 0 N–H and O–H groups in total. The monoisotopic (exact) mass is 568 g/mol. The van der Waals surface area contributed by atoms with Crippen molar-refractivity contribution >= 4 is 42.2 Å². The average Bonchev–Trinajstić information content (AvgIpc) is 3.63. The molecule has 0 aromatic heterocycles. The normalized spacial score (nSPS) is 18.3. The summed E-state index contributed by atoms with van der Waals surface area (Å²) in [4.78, 5) is 26.3. The van der Waals surface area contributed by atoms with Gasteiger partial charge in [0, 0.05) is 12.0 Å². The quantitative estimate of drug-likeness (QED) is 0.196. The fourth-order valence-corrected chi connectivity index (χ4v) is 10.8. The molecule has 3 aromatic carbocycles. The van der Waals surface area contributed by atoms with Gasteiger partial charge in [-0.15, -0.1) is 0 Å². The number of hydrogen-bond donors (Lipinski definition) is 0. The lowest BCUT2D eigenvalue weighted by molar-refractivity contribution is -0.162. The van der Waals surface area contributed by atoms with Crippen LogP contribution in [0.1, 0.15) is 39.2 Å². The van der Waals surface area contributed by atoms with Crippen molar-refractivity contribution in [2.75, 3.05) is 20.8 Å². The predicted octanol–water partition coefficient (Wildman–Crippen LogP) is 5.42. The van der Waals surface area contributed by atoms with Crippen molar-refractivity contribution in [3.8, 4) is 0 Å². The number of ether oxygens (including phenoxy) is 2. The van der Waals surface area contributed by atoms with Crippen molar-refractivity contribution in [3.63, 3.8) is 0 Å². The van der Waals surface area contributed by atoms with Crippen molar-refractivity contribution in [2.45, 2.75) is 44.1 Å². The van der Waals surface area contributed by atoms with Crippen LogP contribution >= 0.6 is 11.6 Å². The van der Waals surface area contributed by atoms with E-state index in [4.69, 9.17) is 25.5 Å². The van der Waals surface area contributed by atoms with Gasteiger partial charge >= 0.3 is 11.9 Å². The van der Waals surface area contributed by atoms with E-state index < -0.39 is 36.9 Å². The molecular formula is C31H34ClFO5Si. The summed E-state index contributed by atoms with van der Waals surface area (Å²) in [5.74, 6) is -1.97. The van der Waals surface area contributed by atoms with Crippen LogP contribution in [0.25, 0.3) is 0 Å².